The number of amides is 1. The highest BCUT2D eigenvalue weighted by Crippen LogP contribution is 2.44. The molecule has 1 saturated heterocycles. The molecule has 2 aliphatic rings. The molecule has 8 heteroatoms. The van der Waals surface area contributed by atoms with Crippen molar-refractivity contribution in [2.45, 2.75) is 33.1 Å². The third-order valence-corrected chi connectivity index (χ3v) is 8.84. The fourth-order valence-electron chi connectivity index (χ4n) is 6.20. The number of piperazine rings is 1. The van der Waals surface area contributed by atoms with E-state index in [2.05, 4.69) is 40.8 Å². The van der Waals surface area contributed by atoms with Crippen molar-refractivity contribution >= 4 is 39.7 Å². The van der Waals surface area contributed by atoms with Gasteiger partial charge in [-0.3, -0.25) is 9.69 Å². The van der Waals surface area contributed by atoms with E-state index in [4.69, 9.17) is 22.1 Å². The van der Waals surface area contributed by atoms with Crippen LogP contribution in [-0.2, 0) is 0 Å². The Labute approximate surface area is 250 Å². The van der Waals surface area contributed by atoms with Crippen molar-refractivity contribution in [2.75, 3.05) is 37.6 Å². The Morgan fingerprint density at radius 3 is 2.57 bits per heavy atom. The van der Waals surface area contributed by atoms with Crippen LogP contribution in [0.25, 0.3) is 16.5 Å². The Bertz CT molecular complexity index is 1650. The number of primary amides is 1. The van der Waals surface area contributed by atoms with Gasteiger partial charge in [0.2, 0.25) is 0 Å². The highest BCUT2D eigenvalue weighted by molar-refractivity contribution is 6.30. The molecule has 2 heterocycles. The summed E-state index contributed by atoms with van der Waals surface area (Å²) in [5.74, 6) is -0.789. The standard InChI is InChI=1S/C34H36ClFN4O2/c1-34(2)12-10-24(27(20-34)22-6-8-25(35)9-7-22)21-39-14-16-40(17-15-39)30-5-3-4-26(33(37)41)32(30)42-31-18-23-11-13-38-29(23)19-28(31)36/h3-9,11,13,18-19,38H,10,12,14-17,20-21H2,1-2H3,(H2,37,41). The quantitative estimate of drug-likeness (QED) is 0.233. The van der Waals surface area contributed by atoms with Crippen molar-refractivity contribution in [3.05, 3.63) is 94.4 Å². The number of anilines is 1. The molecule has 0 atom stereocenters. The molecule has 0 spiro atoms. The number of carbonyl (C=O) groups excluding carboxylic acids is 1. The average Bonchev–Trinajstić information content (AvgIpc) is 3.42. The molecular formula is C34H36ClFN4O2. The normalized spacial score (nSPS) is 17.6. The molecule has 0 saturated carbocycles. The van der Waals surface area contributed by atoms with Gasteiger partial charge in [-0.2, -0.15) is 0 Å². The summed E-state index contributed by atoms with van der Waals surface area (Å²) in [5, 5.41) is 1.57. The summed E-state index contributed by atoms with van der Waals surface area (Å²) >= 11 is 6.19. The highest BCUT2D eigenvalue weighted by atomic mass is 35.5. The Hall–Kier alpha value is -3.81. The lowest BCUT2D eigenvalue weighted by molar-refractivity contribution is 0.0998. The van der Waals surface area contributed by atoms with Crippen LogP contribution in [0.1, 0.15) is 49.0 Å². The minimum atomic E-state index is -0.615. The van der Waals surface area contributed by atoms with Gasteiger partial charge in [-0.1, -0.05) is 49.2 Å². The predicted molar refractivity (Wildman–Crippen MR) is 168 cm³/mol. The van der Waals surface area contributed by atoms with Gasteiger partial charge in [0, 0.05) is 60.9 Å². The molecule has 1 aliphatic heterocycles. The number of aromatic amines is 1. The van der Waals surface area contributed by atoms with Crippen LogP contribution in [0, 0.1) is 11.2 Å². The summed E-state index contributed by atoms with van der Waals surface area (Å²) in [7, 11) is 0. The molecule has 1 amide bonds. The summed E-state index contributed by atoms with van der Waals surface area (Å²) in [6.45, 7) is 8.81. The van der Waals surface area contributed by atoms with Crippen molar-refractivity contribution < 1.29 is 13.9 Å². The zero-order chi connectivity index (χ0) is 29.4. The summed E-state index contributed by atoms with van der Waals surface area (Å²) in [5.41, 5.74) is 11.8. The van der Waals surface area contributed by atoms with Gasteiger partial charge in [0.15, 0.2) is 17.3 Å². The maximum Gasteiger partial charge on any atom is 0.252 e. The van der Waals surface area contributed by atoms with E-state index in [1.165, 1.54) is 29.2 Å². The molecular weight excluding hydrogens is 551 g/mol. The van der Waals surface area contributed by atoms with E-state index in [-0.39, 0.29) is 22.5 Å². The lowest BCUT2D eigenvalue weighted by atomic mass is 9.72. The number of allylic oxidation sites excluding steroid dienone is 1. The lowest BCUT2D eigenvalue weighted by Crippen LogP contribution is -2.47. The van der Waals surface area contributed by atoms with Gasteiger partial charge in [0.1, 0.15) is 0 Å². The number of aromatic nitrogens is 1. The maximum absolute atomic E-state index is 15.0. The SMILES string of the molecule is CC1(C)CCC(CN2CCN(c3cccc(C(N)=O)c3Oc3cc4cc[nH]c4cc3F)CC2)=C(c2ccc(Cl)cc2)C1. The number of carbonyl (C=O) groups is 1. The van der Waals surface area contributed by atoms with Gasteiger partial charge in [-0.05, 0) is 72.2 Å². The number of nitrogens with two attached hydrogens (primary N) is 1. The van der Waals surface area contributed by atoms with E-state index in [1.807, 2.05) is 24.3 Å². The van der Waals surface area contributed by atoms with E-state index < -0.39 is 11.7 Å². The van der Waals surface area contributed by atoms with Crippen LogP contribution in [0.15, 0.2) is 72.4 Å². The Balaban J connectivity index is 1.22. The summed E-state index contributed by atoms with van der Waals surface area (Å²) in [6, 6.07) is 18.5. The van der Waals surface area contributed by atoms with Crippen molar-refractivity contribution in [2.24, 2.45) is 11.1 Å². The second kappa shape index (κ2) is 11.5. The summed E-state index contributed by atoms with van der Waals surface area (Å²) < 4.78 is 21.1. The highest BCUT2D eigenvalue weighted by Gasteiger charge is 2.30. The third-order valence-electron chi connectivity index (χ3n) is 8.58. The molecule has 1 fully saturated rings. The number of fused-ring (bicyclic) bond motifs is 1. The first-order valence-electron chi connectivity index (χ1n) is 14.5. The van der Waals surface area contributed by atoms with Crippen LogP contribution in [0.3, 0.4) is 0 Å². The molecule has 0 radical (unpaired) electrons. The minimum absolute atomic E-state index is 0.0533. The predicted octanol–water partition coefficient (Wildman–Crippen LogP) is 7.64. The maximum atomic E-state index is 15.0. The Kier molecular flexibility index (Phi) is 7.73. The number of rotatable bonds is 7. The molecule has 6 nitrogen and oxygen atoms in total. The molecule has 1 aliphatic carbocycles. The molecule has 6 rings (SSSR count). The number of nitrogens with zero attached hydrogens (tertiary/aromatic N) is 2. The summed E-state index contributed by atoms with van der Waals surface area (Å²) in [4.78, 5) is 20.1. The molecule has 1 aromatic heterocycles. The van der Waals surface area contributed by atoms with Crippen LogP contribution < -0.4 is 15.4 Å². The molecule has 3 aromatic carbocycles. The van der Waals surface area contributed by atoms with Crippen LogP contribution >= 0.6 is 11.6 Å². The van der Waals surface area contributed by atoms with Gasteiger partial charge in [-0.25, -0.2) is 4.39 Å². The molecule has 3 N–H and O–H groups in total. The number of hydrogen-bond acceptors (Lipinski definition) is 4. The number of benzene rings is 3. The third kappa shape index (κ3) is 5.90. The summed E-state index contributed by atoms with van der Waals surface area (Å²) in [6.07, 6.45) is 5.06. The average molecular weight is 587 g/mol. The first-order valence-corrected chi connectivity index (χ1v) is 14.9. The largest absolute Gasteiger partial charge is 0.451 e. The molecule has 42 heavy (non-hydrogen) atoms. The van der Waals surface area contributed by atoms with E-state index in [0.29, 0.717) is 5.52 Å². The van der Waals surface area contributed by atoms with Crippen molar-refractivity contribution in [1.82, 2.24) is 9.88 Å². The lowest BCUT2D eigenvalue weighted by Gasteiger charge is -2.39. The smallest absolute Gasteiger partial charge is 0.252 e. The Morgan fingerprint density at radius 1 is 1.07 bits per heavy atom. The first-order chi connectivity index (χ1) is 20.2. The molecule has 0 unspecified atom stereocenters. The van der Waals surface area contributed by atoms with Gasteiger partial charge in [0.05, 0.1) is 11.3 Å². The number of para-hydroxylation sites is 1. The van der Waals surface area contributed by atoms with E-state index in [9.17, 15) is 9.18 Å². The van der Waals surface area contributed by atoms with Crippen molar-refractivity contribution in [3.8, 4) is 11.5 Å². The molecule has 0 bridgehead atoms. The van der Waals surface area contributed by atoms with Crippen LogP contribution in [0.2, 0.25) is 5.02 Å². The van der Waals surface area contributed by atoms with Gasteiger partial charge >= 0.3 is 0 Å². The van der Waals surface area contributed by atoms with E-state index in [0.717, 1.165) is 61.7 Å². The van der Waals surface area contributed by atoms with E-state index in [1.54, 1.807) is 24.4 Å². The number of H-pyrrole nitrogens is 1. The van der Waals surface area contributed by atoms with Gasteiger partial charge in [-0.15, -0.1) is 0 Å². The fraction of sp³-hybridized carbons (Fsp3) is 0.324. The van der Waals surface area contributed by atoms with Gasteiger partial charge in [0.25, 0.3) is 5.91 Å². The van der Waals surface area contributed by atoms with Crippen LogP contribution in [0.5, 0.6) is 11.5 Å². The van der Waals surface area contributed by atoms with Crippen LogP contribution in [0.4, 0.5) is 10.1 Å². The number of ether oxygens (including phenoxy) is 1. The van der Waals surface area contributed by atoms with E-state index >= 15 is 0 Å². The van der Waals surface area contributed by atoms with Crippen molar-refractivity contribution in [1.29, 1.82) is 0 Å². The zero-order valence-electron chi connectivity index (χ0n) is 24.1. The molecule has 218 valence electrons. The second-order valence-corrected chi connectivity index (χ2v) is 12.6. The number of hydrogen-bond donors (Lipinski definition) is 2. The topological polar surface area (TPSA) is 74.6 Å². The Morgan fingerprint density at radius 2 is 1.83 bits per heavy atom. The second-order valence-electron chi connectivity index (χ2n) is 12.2. The minimum Gasteiger partial charge on any atom is -0.451 e. The monoisotopic (exact) mass is 586 g/mol. The number of nitrogens with one attached hydrogen (secondary N) is 1. The zero-order valence-corrected chi connectivity index (χ0v) is 24.8. The molecule has 4 aromatic rings. The van der Waals surface area contributed by atoms with Crippen LogP contribution in [-0.4, -0.2) is 48.5 Å². The fourth-order valence-corrected chi connectivity index (χ4v) is 6.32. The van der Waals surface area contributed by atoms with Crippen molar-refractivity contribution in [3.63, 3.8) is 0 Å². The number of halogens is 2. The van der Waals surface area contributed by atoms with Gasteiger partial charge < -0.3 is 20.4 Å². The first kappa shape index (κ1) is 28.3.